The van der Waals surface area contributed by atoms with Gasteiger partial charge in [-0.15, -0.1) is 0 Å². The highest BCUT2D eigenvalue weighted by molar-refractivity contribution is 5.79. The molecular formula is C18H25NO2. The lowest BCUT2D eigenvalue weighted by molar-refractivity contribution is -0.134. The van der Waals surface area contributed by atoms with Gasteiger partial charge >= 0.3 is 0 Å². The first kappa shape index (κ1) is 14.4. The molecule has 3 heteroatoms. The molecule has 0 N–H and O–H groups in total. The molecule has 21 heavy (non-hydrogen) atoms. The number of ether oxygens (including phenoxy) is 1. The normalized spacial score (nSPS) is 22.7. The Hall–Kier alpha value is -1.51. The third-order valence-corrected chi connectivity index (χ3v) is 4.84. The van der Waals surface area contributed by atoms with E-state index in [0.29, 0.717) is 17.7 Å². The summed E-state index contributed by atoms with van der Waals surface area (Å²) in [5.74, 6) is 2.29. The fourth-order valence-electron chi connectivity index (χ4n) is 3.56. The molecule has 1 heterocycles. The Labute approximate surface area is 127 Å². The molecule has 1 amide bonds. The van der Waals surface area contributed by atoms with E-state index in [1.54, 1.807) is 0 Å². The fourth-order valence-corrected chi connectivity index (χ4v) is 3.56. The number of hydrogen-bond acceptors (Lipinski definition) is 2. The maximum Gasteiger partial charge on any atom is 0.225 e. The molecule has 114 valence electrons. The standard InChI is InChI=1S/C18H25NO2/c20-18(16-6-4-5-7-16)19-12-10-15(14-19)11-13-21-17-8-2-1-3-9-17/h1-3,8-9,15-16H,4-7,10-14H2. The summed E-state index contributed by atoms with van der Waals surface area (Å²) >= 11 is 0. The van der Waals surface area contributed by atoms with Crippen molar-refractivity contribution in [1.29, 1.82) is 0 Å². The van der Waals surface area contributed by atoms with Gasteiger partial charge in [0.2, 0.25) is 5.91 Å². The van der Waals surface area contributed by atoms with E-state index in [9.17, 15) is 4.79 Å². The molecular weight excluding hydrogens is 262 g/mol. The number of benzene rings is 1. The summed E-state index contributed by atoms with van der Waals surface area (Å²) in [4.78, 5) is 14.5. The van der Waals surface area contributed by atoms with Crippen LogP contribution in [0.5, 0.6) is 5.75 Å². The average Bonchev–Trinajstić information content (AvgIpc) is 3.19. The topological polar surface area (TPSA) is 29.5 Å². The minimum atomic E-state index is 0.323. The molecule has 3 nitrogen and oxygen atoms in total. The second kappa shape index (κ2) is 6.97. The fraction of sp³-hybridized carbons (Fsp3) is 0.611. The summed E-state index contributed by atoms with van der Waals surface area (Å²) < 4.78 is 5.76. The molecule has 0 bridgehead atoms. The third kappa shape index (κ3) is 3.78. The van der Waals surface area contributed by atoms with E-state index < -0.39 is 0 Å². The molecule has 1 aromatic rings. The van der Waals surface area contributed by atoms with Crippen LogP contribution < -0.4 is 4.74 Å². The van der Waals surface area contributed by atoms with Crippen LogP contribution >= 0.6 is 0 Å². The molecule has 2 fully saturated rings. The maximum absolute atomic E-state index is 12.4. The summed E-state index contributed by atoms with van der Waals surface area (Å²) in [5.41, 5.74) is 0. The van der Waals surface area contributed by atoms with Crippen molar-refractivity contribution in [3.8, 4) is 5.75 Å². The van der Waals surface area contributed by atoms with Gasteiger partial charge in [-0.05, 0) is 43.7 Å². The Morgan fingerprint density at radius 3 is 2.67 bits per heavy atom. The first-order valence-electron chi connectivity index (χ1n) is 8.29. The van der Waals surface area contributed by atoms with Crippen LogP contribution in [0.2, 0.25) is 0 Å². The molecule has 1 aromatic carbocycles. The van der Waals surface area contributed by atoms with Crippen LogP contribution in [-0.2, 0) is 4.79 Å². The molecule has 1 unspecified atom stereocenters. The molecule has 0 spiro atoms. The molecule has 3 rings (SSSR count). The molecule has 1 atom stereocenters. The monoisotopic (exact) mass is 287 g/mol. The average molecular weight is 287 g/mol. The Kier molecular flexibility index (Phi) is 4.79. The highest BCUT2D eigenvalue weighted by Gasteiger charge is 2.31. The van der Waals surface area contributed by atoms with Crippen LogP contribution in [0.15, 0.2) is 30.3 Å². The van der Waals surface area contributed by atoms with Crippen LogP contribution in [-0.4, -0.2) is 30.5 Å². The number of carbonyl (C=O) groups excluding carboxylic acids is 1. The van der Waals surface area contributed by atoms with E-state index in [2.05, 4.69) is 4.90 Å². The summed E-state index contributed by atoms with van der Waals surface area (Å²) in [6, 6.07) is 9.96. The van der Waals surface area contributed by atoms with E-state index in [1.165, 1.54) is 12.8 Å². The van der Waals surface area contributed by atoms with Crippen molar-refractivity contribution in [2.45, 2.75) is 38.5 Å². The SMILES string of the molecule is O=C(C1CCCC1)N1CCC(CCOc2ccccc2)C1. The summed E-state index contributed by atoms with van der Waals surface area (Å²) in [6.45, 7) is 2.64. The lowest BCUT2D eigenvalue weighted by atomic mass is 10.1. The van der Waals surface area contributed by atoms with Crippen LogP contribution in [0.3, 0.4) is 0 Å². The van der Waals surface area contributed by atoms with Gasteiger partial charge in [-0.2, -0.15) is 0 Å². The largest absolute Gasteiger partial charge is 0.494 e. The van der Waals surface area contributed by atoms with Crippen molar-refractivity contribution in [1.82, 2.24) is 4.90 Å². The van der Waals surface area contributed by atoms with Gasteiger partial charge in [0.15, 0.2) is 0 Å². The van der Waals surface area contributed by atoms with Gasteiger partial charge in [0.25, 0.3) is 0 Å². The predicted molar refractivity (Wildman–Crippen MR) is 83.2 cm³/mol. The van der Waals surface area contributed by atoms with Crippen molar-refractivity contribution in [3.05, 3.63) is 30.3 Å². The van der Waals surface area contributed by atoms with Gasteiger partial charge in [-0.1, -0.05) is 31.0 Å². The molecule has 1 saturated heterocycles. The lowest BCUT2D eigenvalue weighted by Gasteiger charge is -2.20. The van der Waals surface area contributed by atoms with Gasteiger partial charge in [-0.3, -0.25) is 4.79 Å². The number of hydrogen-bond donors (Lipinski definition) is 0. The van der Waals surface area contributed by atoms with Crippen molar-refractivity contribution < 1.29 is 9.53 Å². The second-order valence-corrected chi connectivity index (χ2v) is 6.37. The third-order valence-electron chi connectivity index (χ3n) is 4.84. The number of nitrogens with zero attached hydrogens (tertiary/aromatic N) is 1. The summed E-state index contributed by atoms with van der Waals surface area (Å²) in [5, 5.41) is 0. The molecule has 1 aliphatic heterocycles. The van der Waals surface area contributed by atoms with Crippen LogP contribution in [0, 0.1) is 11.8 Å². The highest BCUT2D eigenvalue weighted by atomic mass is 16.5. The van der Waals surface area contributed by atoms with Crippen molar-refractivity contribution >= 4 is 5.91 Å². The summed E-state index contributed by atoms with van der Waals surface area (Å²) in [6.07, 6.45) is 6.87. The Morgan fingerprint density at radius 1 is 1.14 bits per heavy atom. The zero-order valence-corrected chi connectivity index (χ0v) is 12.7. The predicted octanol–water partition coefficient (Wildman–Crippen LogP) is 3.49. The van der Waals surface area contributed by atoms with Crippen LogP contribution in [0.4, 0.5) is 0 Å². The van der Waals surface area contributed by atoms with Crippen molar-refractivity contribution in [2.24, 2.45) is 11.8 Å². The van der Waals surface area contributed by atoms with Gasteiger partial charge in [-0.25, -0.2) is 0 Å². The second-order valence-electron chi connectivity index (χ2n) is 6.37. The van der Waals surface area contributed by atoms with Crippen molar-refractivity contribution in [3.63, 3.8) is 0 Å². The molecule has 2 aliphatic rings. The Morgan fingerprint density at radius 2 is 1.90 bits per heavy atom. The van der Waals surface area contributed by atoms with Crippen molar-refractivity contribution in [2.75, 3.05) is 19.7 Å². The van der Waals surface area contributed by atoms with E-state index >= 15 is 0 Å². The number of rotatable bonds is 5. The van der Waals surface area contributed by atoms with E-state index in [4.69, 9.17) is 4.74 Å². The van der Waals surface area contributed by atoms with Gasteiger partial charge in [0.1, 0.15) is 5.75 Å². The van der Waals surface area contributed by atoms with Gasteiger partial charge < -0.3 is 9.64 Å². The zero-order valence-electron chi connectivity index (χ0n) is 12.7. The Bertz CT molecular complexity index is 454. The molecule has 1 saturated carbocycles. The molecule has 0 aromatic heterocycles. The number of carbonyl (C=O) groups is 1. The molecule has 1 aliphatic carbocycles. The van der Waals surface area contributed by atoms with Gasteiger partial charge in [0, 0.05) is 19.0 Å². The number of para-hydroxylation sites is 1. The zero-order chi connectivity index (χ0) is 14.5. The van der Waals surface area contributed by atoms with Gasteiger partial charge in [0.05, 0.1) is 6.61 Å². The lowest BCUT2D eigenvalue weighted by Crippen LogP contribution is -2.33. The smallest absolute Gasteiger partial charge is 0.225 e. The van der Waals surface area contributed by atoms with Crippen LogP contribution in [0.1, 0.15) is 38.5 Å². The maximum atomic E-state index is 12.4. The summed E-state index contributed by atoms with van der Waals surface area (Å²) in [7, 11) is 0. The number of likely N-dealkylation sites (tertiary alicyclic amines) is 1. The first-order valence-corrected chi connectivity index (χ1v) is 8.29. The minimum Gasteiger partial charge on any atom is -0.494 e. The highest BCUT2D eigenvalue weighted by Crippen LogP contribution is 2.29. The Balaban J connectivity index is 1.39. The van der Waals surface area contributed by atoms with Crippen LogP contribution in [0.25, 0.3) is 0 Å². The van der Waals surface area contributed by atoms with E-state index in [1.807, 2.05) is 30.3 Å². The quantitative estimate of drug-likeness (QED) is 0.829. The minimum absolute atomic E-state index is 0.323. The van der Waals surface area contributed by atoms with E-state index in [-0.39, 0.29) is 0 Å². The first-order chi connectivity index (χ1) is 10.3. The number of amides is 1. The molecule has 0 radical (unpaired) electrons. The van der Waals surface area contributed by atoms with E-state index in [0.717, 1.165) is 51.1 Å².